The molecule has 0 bridgehead atoms. The highest BCUT2D eigenvalue weighted by Crippen LogP contribution is 2.34. The molecule has 0 N–H and O–H groups in total. The molecule has 3 heterocycles. The number of rotatable bonds is 4. The fourth-order valence-corrected chi connectivity index (χ4v) is 4.67. The normalized spacial score (nSPS) is 13.1. The van der Waals surface area contributed by atoms with Crippen LogP contribution in [0.15, 0.2) is 39.9 Å². The minimum atomic E-state index is -0.470. The molecule has 0 unspecified atom stereocenters. The Morgan fingerprint density at radius 1 is 1.25 bits per heavy atom. The molecule has 0 saturated heterocycles. The third kappa shape index (κ3) is 2.69. The number of benzene rings is 1. The van der Waals surface area contributed by atoms with Crippen LogP contribution in [0.2, 0.25) is 0 Å². The fourth-order valence-electron chi connectivity index (χ4n) is 3.45. The Morgan fingerprint density at radius 3 is 2.86 bits per heavy atom. The molecule has 140 valence electrons. The van der Waals surface area contributed by atoms with Gasteiger partial charge in [0.25, 0.3) is 11.2 Å². The van der Waals surface area contributed by atoms with E-state index in [1.165, 1.54) is 27.9 Å². The molecule has 5 rings (SSSR count). The van der Waals surface area contributed by atoms with Crippen LogP contribution in [-0.2, 0) is 19.4 Å². The molecule has 1 aromatic carbocycles. The fraction of sp³-hybridized carbons (Fsp3) is 0.222. The second-order valence-corrected chi connectivity index (χ2v) is 7.61. The lowest BCUT2D eigenvalue weighted by Gasteiger charge is -2.02. The van der Waals surface area contributed by atoms with E-state index in [2.05, 4.69) is 15.1 Å². The molecule has 0 fully saturated rings. The molecular formula is C18H13N5O4S. The summed E-state index contributed by atoms with van der Waals surface area (Å²) >= 11 is 1.60. The lowest BCUT2D eigenvalue weighted by atomic mass is 10.2. The molecular weight excluding hydrogens is 382 g/mol. The standard InChI is InChI=1S/C18H13N5O4S/c24-18-15-12-2-1-3-13(12)28-17(15)19-9-22(18)8-14-20-16(21-27-14)10-4-6-11(7-5-10)23(25)26/h4-7,9H,1-3,8H2. The minimum absolute atomic E-state index is 0.0123. The summed E-state index contributed by atoms with van der Waals surface area (Å²) in [4.78, 5) is 33.9. The van der Waals surface area contributed by atoms with Gasteiger partial charge in [-0.2, -0.15) is 4.98 Å². The first-order valence-electron chi connectivity index (χ1n) is 8.67. The largest absolute Gasteiger partial charge is 0.337 e. The van der Waals surface area contributed by atoms with Crippen LogP contribution in [-0.4, -0.2) is 24.6 Å². The van der Waals surface area contributed by atoms with Crippen LogP contribution in [0.4, 0.5) is 5.69 Å². The maximum Gasteiger partial charge on any atom is 0.269 e. The number of aromatic nitrogens is 4. The van der Waals surface area contributed by atoms with Crippen LogP contribution in [0.5, 0.6) is 0 Å². The van der Waals surface area contributed by atoms with Crippen molar-refractivity contribution in [3.05, 3.63) is 67.4 Å². The molecule has 0 atom stereocenters. The number of non-ortho nitro benzene ring substituents is 1. The number of fused-ring (bicyclic) bond motifs is 3. The number of thiophene rings is 1. The first-order chi connectivity index (χ1) is 13.6. The van der Waals surface area contributed by atoms with E-state index in [0.29, 0.717) is 16.8 Å². The zero-order valence-corrected chi connectivity index (χ0v) is 15.3. The Bertz CT molecular complexity index is 1270. The number of nitro benzene ring substituents is 1. The van der Waals surface area contributed by atoms with Gasteiger partial charge in [0.2, 0.25) is 11.7 Å². The van der Waals surface area contributed by atoms with Crippen LogP contribution >= 0.6 is 11.3 Å². The number of hydrogen-bond acceptors (Lipinski definition) is 8. The molecule has 4 aromatic rings. The predicted octanol–water partition coefficient (Wildman–Crippen LogP) is 2.95. The summed E-state index contributed by atoms with van der Waals surface area (Å²) in [7, 11) is 0. The molecule has 0 saturated carbocycles. The second kappa shape index (κ2) is 6.34. The Balaban J connectivity index is 1.45. The molecule has 0 spiro atoms. The lowest BCUT2D eigenvalue weighted by molar-refractivity contribution is -0.384. The third-order valence-corrected chi connectivity index (χ3v) is 6.00. The second-order valence-electron chi connectivity index (χ2n) is 6.53. The average molecular weight is 395 g/mol. The Morgan fingerprint density at radius 2 is 2.07 bits per heavy atom. The highest BCUT2D eigenvalue weighted by molar-refractivity contribution is 7.18. The van der Waals surface area contributed by atoms with Gasteiger partial charge >= 0.3 is 0 Å². The maximum absolute atomic E-state index is 12.9. The molecule has 9 nitrogen and oxygen atoms in total. The molecule has 0 aliphatic heterocycles. The van der Waals surface area contributed by atoms with Gasteiger partial charge < -0.3 is 4.52 Å². The number of aryl methyl sites for hydroxylation is 2. The minimum Gasteiger partial charge on any atom is -0.337 e. The molecule has 1 aliphatic carbocycles. The molecule has 3 aromatic heterocycles. The monoisotopic (exact) mass is 395 g/mol. The van der Waals surface area contributed by atoms with Crippen molar-refractivity contribution in [1.82, 2.24) is 19.7 Å². The highest BCUT2D eigenvalue weighted by Gasteiger charge is 2.22. The van der Waals surface area contributed by atoms with E-state index in [1.807, 2.05) is 0 Å². The van der Waals surface area contributed by atoms with Gasteiger partial charge in [-0.05, 0) is 37.0 Å². The summed E-state index contributed by atoms with van der Waals surface area (Å²) < 4.78 is 6.73. The van der Waals surface area contributed by atoms with Gasteiger partial charge in [0, 0.05) is 22.6 Å². The number of hydrogen-bond donors (Lipinski definition) is 0. The van der Waals surface area contributed by atoms with E-state index in [-0.39, 0.29) is 23.7 Å². The molecule has 28 heavy (non-hydrogen) atoms. The van der Waals surface area contributed by atoms with Gasteiger partial charge in [-0.15, -0.1) is 11.3 Å². The van der Waals surface area contributed by atoms with Crippen LogP contribution in [0, 0.1) is 10.1 Å². The van der Waals surface area contributed by atoms with Crippen LogP contribution < -0.4 is 5.56 Å². The highest BCUT2D eigenvalue weighted by atomic mass is 32.1. The Hall–Kier alpha value is -3.40. The molecule has 0 amide bonds. The third-order valence-electron chi connectivity index (χ3n) is 4.80. The first-order valence-corrected chi connectivity index (χ1v) is 9.49. The topological polar surface area (TPSA) is 117 Å². The van der Waals surface area contributed by atoms with Crippen molar-refractivity contribution in [3.63, 3.8) is 0 Å². The zero-order valence-electron chi connectivity index (χ0n) is 14.5. The van der Waals surface area contributed by atoms with Crippen LogP contribution in [0.3, 0.4) is 0 Å². The quantitative estimate of drug-likeness (QED) is 0.385. The van der Waals surface area contributed by atoms with E-state index < -0.39 is 4.92 Å². The molecule has 0 radical (unpaired) electrons. The summed E-state index contributed by atoms with van der Waals surface area (Å²) in [6.07, 6.45) is 4.51. The van der Waals surface area contributed by atoms with Gasteiger partial charge in [0.1, 0.15) is 11.4 Å². The molecule has 1 aliphatic rings. The SMILES string of the molecule is O=c1c2c3c(sc2ncn1Cc1nc(-c2ccc([N+](=O)[O-])cc2)no1)CCC3. The summed E-state index contributed by atoms with van der Waals surface area (Å²) in [6, 6.07) is 5.87. The van der Waals surface area contributed by atoms with Gasteiger partial charge in [-0.3, -0.25) is 19.5 Å². The zero-order chi connectivity index (χ0) is 19.3. The van der Waals surface area contributed by atoms with E-state index in [4.69, 9.17) is 4.52 Å². The summed E-state index contributed by atoms with van der Waals surface area (Å²) in [5.41, 5.74) is 1.61. The van der Waals surface area contributed by atoms with Crippen molar-refractivity contribution in [3.8, 4) is 11.4 Å². The first kappa shape index (κ1) is 16.8. The van der Waals surface area contributed by atoms with Gasteiger partial charge in [0.05, 0.1) is 16.6 Å². The van der Waals surface area contributed by atoms with Crippen molar-refractivity contribution in [2.75, 3.05) is 0 Å². The summed E-state index contributed by atoms with van der Waals surface area (Å²) in [5, 5.41) is 15.4. The van der Waals surface area contributed by atoms with Crippen molar-refractivity contribution in [2.45, 2.75) is 25.8 Å². The van der Waals surface area contributed by atoms with E-state index in [0.717, 1.165) is 29.7 Å². The summed E-state index contributed by atoms with van der Waals surface area (Å²) in [6.45, 7) is 0.117. The van der Waals surface area contributed by atoms with Crippen molar-refractivity contribution < 1.29 is 9.45 Å². The van der Waals surface area contributed by atoms with Gasteiger partial charge in [-0.1, -0.05) is 5.16 Å². The maximum atomic E-state index is 12.9. The Labute approximate surface area is 161 Å². The smallest absolute Gasteiger partial charge is 0.269 e. The van der Waals surface area contributed by atoms with Crippen molar-refractivity contribution in [1.29, 1.82) is 0 Å². The van der Waals surface area contributed by atoms with Crippen LogP contribution in [0.1, 0.15) is 22.8 Å². The number of nitrogens with zero attached hydrogens (tertiary/aromatic N) is 5. The van der Waals surface area contributed by atoms with Gasteiger partial charge in [0.15, 0.2) is 0 Å². The van der Waals surface area contributed by atoms with E-state index >= 15 is 0 Å². The van der Waals surface area contributed by atoms with Crippen molar-refractivity contribution in [2.24, 2.45) is 0 Å². The predicted molar refractivity (Wildman–Crippen MR) is 101 cm³/mol. The average Bonchev–Trinajstić information content (AvgIpc) is 3.40. The number of nitro groups is 1. The van der Waals surface area contributed by atoms with E-state index in [1.54, 1.807) is 23.5 Å². The van der Waals surface area contributed by atoms with Gasteiger partial charge in [-0.25, -0.2) is 4.98 Å². The Kier molecular flexibility index (Phi) is 3.79. The van der Waals surface area contributed by atoms with Crippen LogP contribution in [0.25, 0.3) is 21.6 Å². The van der Waals surface area contributed by atoms with E-state index in [9.17, 15) is 14.9 Å². The molecule has 10 heteroatoms. The summed E-state index contributed by atoms with van der Waals surface area (Å²) in [5.74, 6) is 0.576. The lowest BCUT2D eigenvalue weighted by Crippen LogP contribution is -2.21. The van der Waals surface area contributed by atoms with Crippen molar-refractivity contribution >= 4 is 27.2 Å².